The summed E-state index contributed by atoms with van der Waals surface area (Å²) in [5, 5.41) is 5.76. The number of methoxy groups -OCH3 is 1. The molecule has 0 aliphatic carbocycles. The third-order valence-corrected chi connectivity index (χ3v) is 5.44. The van der Waals surface area contributed by atoms with Crippen LogP contribution in [0.4, 0.5) is 20.6 Å². The van der Waals surface area contributed by atoms with Gasteiger partial charge in [0.05, 0.1) is 36.1 Å². The van der Waals surface area contributed by atoms with Crippen LogP contribution >= 0.6 is 0 Å². The van der Waals surface area contributed by atoms with Gasteiger partial charge in [0.25, 0.3) is 5.56 Å². The fraction of sp³-hybridized carbons (Fsp3) is 0.154. The Kier molecular flexibility index (Phi) is 6.98. The summed E-state index contributed by atoms with van der Waals surface area (Å²) in [6, 6.07) is 14.9. The number of ketones is 1. The van der Waals surface area contributed by atoms with Gasteiger partial charge in [0.1, 0.15) is 5.82 Å². The number of hydrogen-bond acceptors (Lipinski definition) is 5. The number of halogens is 1. The Morgan fingerprint density at radius 3 is 2.54 bits per heavy atom. The largest absolute Gasteiger partial charge is 0.383 e. The fourth-order valence-electron chi connectivity index (χ4n) is 3.71. The van der Waals surface area contributed by atoms with Crippen LogP contribution in [-0.4, -0.2) is 35.1 Å². The Labute approximate surface area is 200 Å². The van der Waals surface area contributed by atoms with Crippen molar-refractivity contribution in [2.45, 2.75) is 13.5 Å². The van der Waals surface area contributed by atoms with Crippen LogP contribution in [0.25, 0.3) is 22.0 Å². The van der Waals surface area contributed by atoms with E-state index in [0.717, 1.165) is 0 Å². The zero-order valence-electron chi connectivity index (χ0n) is 19.2. The molecule has 2 N–H and O–H groups in total. The second-order valence-electron chi connectivity index (χ2n) is 7.84. The summed E-state index contributed by atoms with van der Waals surface area (Å²) in [6.07, 6.45) is 1.44. The molecule has 4 rings (SSSR count). The number of urea groups is 1. The standard InChI is InChI=1S/C26H23FN4O4/c1-16(32)18-4-3-5-20(14-18)29-26(34)30-22-11-10-21-24(23(22)17-6-8-19(27)9-7-17)25(33)31(15-28-21)12-13-35-2/h3-11,14-15H,12-13H2,1-2H3,(H2,29,30,34). The molecule has 0 saturated carbocycles. The summed E-state index contributed by atoms with van der Waals surface area (Å²) in [5.41, 5.74) is 2.31. The van der Waals surface area contributed by atoms with Crippen molar-refractivity contribution in [1.82, 2.24) is 9.55 Å². The minimum absolute atomic E-state index is 0.126. The first kappa shape index (κ1) is 23.8. The average molecular weight is 474 g/mol. The van der Waals surface area contributed by atoms with E-state index in [1.165, 1.54) is 49.2 Å². The maximum absolute atomic E-state index is 13.6. The molecule has 1 heterocycles. The maximum atomic E-state index is 13.6. The number of benzene rings is 3. The van der Waals surface area contributed by atoms with Crippen molar-refractivity contribution in [2.75, 3.05) is 24.4 Å². The smallest absolute Gasteiger partial charge is 0.323 e. The van der Waals surface area contributed by atoms with Gasteiger partial charge in [-0.2, -0.15) is 0 Å². The topological polar surface area (TPSA) is 102 Å². The first-order valence-electron chi connectivity index (χ1n) is 10.8. The van der Waals surface area contributed by atoms with Crippen LogP contribution in [0.5, 0.6) is 0 Å². The number of Topliss-reactive ketones (excluding diaryl/α,β-unsaturated/α-hetero) is 1. The number of ether oxygens (including phenoxy) is 1. The lowest BCUT2D eigenvalue weighted by molar-refractivity contribution is 0.101. The number of carbonyl (C=O) groups is 2. The van der Waals surface area contributed by atoms with Crippen LogP contribution in [-0.2, 0) is 11.3 Å². The monoisotopic (exact) mass is 474 g/mol. The molecule has 0 aliphatic heterocycles. The van der Waals surface area contributed by atoms with Gasteiger partial charge in [-0.1, -0.05) is 24.3 Å². The molecule has 0 fully saturated rings. The van der Waals surface area contributed by atoms with Crippen LogP contribution in [0.15, 0.2) is 71.8 Å². The Hall–Kier alpha value is -4.37. The van der Waals surface area contributed by atoms with Gasteiger partial charge >= 0.3 is 6.03 Å². The highest BCUT2D eigenvalue weighted by Crippen LogP contribution is 2.33. The summed E-state index contributed by atoms with van der Waals surface area (Å²) in [6.45, 7) is 2.06. The SMILES string of the molecule is COCCn1cnc2ccc(NC(=O)Nc3cccc(C(C)=O)c3)c(-c3ccc(F)cc3)c2c1=O. The molecule has 0 bridgehead atoms. The van der Waals surface area contributed by atoms with Crippen molar-refractivity contribution in [3.05, 3.63) is 88.7 Å². The van der Waals surface area contributed by atoms with Gasteiger partial charge in [0, 0.05) is 23.9 Å². The number of fused-ring (bicyclic) bond motifs is 1. The summed E-state index contributed by atoms with van der Waals surface area (Å²) in [5.74, 6) is -0.554. The lowest BCUT2D eigenvalue weighted by Gasteiger charge is -2.16. The highest BCUT2D eigenvalue weighted by atomic mass is 19.1. The van der Waals surface area contributed by atoms with Crippen LogP contribution < -0.4 is 16.2 Å². The van der Waals surface area contributed by atoms with Crippen molar-refractivity contribution in [3.8, 4) is 11.1 Å². The molecule has 0 aliphatic rings. The van der Waals surface area contributed by atoms with Gasteiger partial charge in [-0.25, -0.2) is 14.2 Å². The zero-order chi connectivity index (χ0) is 24.9. The van der Waals surface area contributed by atoms with E-state index in [0.29, 0.717) is 46.7 Å². The summed E-state index contributed by atoms with van der Waals surface area (Å²) in [7, 11) is 1.54. The molecule has 9 heteroatoms. The van der Waals surface area contributed by atoms with Gasteiger partial charge in [0.15, 0.2) is 5.78 Å². The van der Waals surface area contributed by atoms with Crippen molar-refractivity contribution in [2.24, 2.45) is 0 Å². The number of anilines is 2. The molecular formula is C26H23FN4O4. The van der Waals surface area contributed by atoms with Crippen LogP contribution in [0, 0.1) is 5.82 Å². The minimum atomic E-state index is -0.572. The Bertz CT molecular complexity index is 1460. The quantitative estimate of drug-likeness (QED) is 0.378. The van der Waals surface area contributed by atoms with Gasteiger partial charge in [-0.15, -0.1) is 0 Å². The molecule has 0 unspecified atom stereocenters. The van der Waals surface area contributed by atoms with E-state index in [1.807, 2.05) is 0 Å². The molecule has 0 radical (unpaired) electrons. The van der Waals surface area contributed by atoms with Crippen molar-refractivity contribution < 1.29 is 18.7 Å². The van der Waals surface area contributed by atoms with E-state index >= 15 is 0 Å². The molecule has 178 valence electrons. The second kappa shape index (κ2) is 10.3. The molecule has 3 aromatic carbocycles. The van der Waals surface area contributed by atoms with E-state index in [4.69, 9.17) is 4.74 Å². The number of rotatable bonds is 7. The Morgan fingerprint density at radius 1 is 1.06 bits per heavy atom. The van der Waals surface area contributed by atoms with E-state index in [1.54, 1.807) is 36.4 Å². The highest BCUT2D eigenvalue weighted by Gasteiger charge is 2.17. The summed E-state index contributed by atoms with van der Waals surface area (Å²) < 4.78 is 20.2. The van der Waals surface area contributed by atoms with Crippen LogP contribution in [0.3, 0.4) is 0 Å². The van der Waals surface area contributed by atoms with Crippen LogP contribution in [0.2, 0.25) is 0 Å². The molecule has 2 amide bonds. The predicted molar refractivity (Wildman–Crippen MR) is 132 cm³/mol. The Balaban J connectivity index is 1.78. The van der Waals surface area contributed by atoms with Crippen molar-refractivity contribution in [3.63, 3.8) is 0 Å². The second-order valence-corrected chi connectivity index (χ2v) is 7.84. The van der Waals surface area contributed by atoms with Gasteiger partial charge in [0.2, 0.25) is 0 Å². The maximum Gasteiger partial charge on any atom is 0.323 e. The first-order valence-corrected chi connectivity index (χ1v) is 10.8. The number of amides is 2. The van der Waals surface area contributed by atoms with Gasteiger partial charge < -0.3 is 15.4 Å². The molecule has 35 heavy (non-hydrogen) atoms. The first-order chi connectivity index (χ1) is 16.9. The van der Waals surface area contributed by atoms with Crippen molar-refractivity contribution >= 4 is 34.1 Å². The highest BCUT2D eigenvalue weighted by molar-refractivity contribution is 6.08. The van der Waals surface area contributed by atoms with E-state index in [9.17, 15) is 18.8 Å². The molecule has 8 nitrogen and oxygen atoms in total. The third-order valence-electron chi connectivity index (χ3n) is 5.44. The van der Waals surface area contributed by atoms with Crippen LogP contribution in [0.1, 0.15) is 17.3 Å². The zero-order valence-corrected chi connectivity index (χ0v) is 19.2. The number of nitrogens with one attached hydrogen (secondary N) is 2. The molecule has 4 aromatic rings. The lowest BCUT2D eigenvalue weighted by atomic mass is 9.99. The average Bonchev–Trinajstić information content (AvgIpc) is 2.84. The number of carbonyl (C=O) groups excluding carboxylic acids is 2. The van der Waals surface area contributed by atoms with E-state index in [2.05, 4.69) is 15.6 Å². The minimum Gasteiger partial charge on any atom is -0.383 e. The summed E-state index contributed by atoms with van der Waals surface area (Å²) >= 11 is 0. The molecule has 0 saturated heterocycles. The molecule has 0 spiro atoms. The molecular weight excluding hydrogens is 451 g/mol. The molecule has 0 atom stereocenters. The van der Waals surface area contributed by atoms with E-state index < -0.39 is 11.8 Å². The van der Waals surface area contributed by atoms with Gasteiger partial charge in [-0.3, -0.25) is 14.2 Å². The fourth-order valence-corrected chi connectivity index (χ4v) is 3.71. The number of hydrogen-bond donors (Lipinski definition) is 2. The normalized spacial score (nSPS) is 10.8. The number of nitrogens with zero attached hydrogens (tertiary/aromatic N) is 2. The Morgan fingerprint density at radius 2 is 1.83 bits per heavy atom. The number of aromatic nitrogens is 2. The van der Waals surface area contributed by atoms with Gasteiger partial charge in [-0.05, 0) is 48.9 Å². The van der Waals surface area contributed by atoms with E-state index in [-0.39, 0.29) is 16.7 Å². The third kappa shape index (κ3) is 5.25. The summed E-state index contributed by atoms with van der Waals surface area (Å²) in [4.78, 5) is 42.2. The van der Waals surface area contributed by atoms with Crippen molar-refractivity contribution in [1.29, 1.82) is 0 Å². The molecule has 1 aromatic heterocycles. The predicted octanol–water partition coefficient (Wildman–Crippen LogP) is 4.70. The lowest BCUT2D eigenvalue weighted by Crippen LogP contribution is -2.24.